The molecule has 5 atom stereocenters. The van der Waals surface area contributed by atoms with Crippen molar-refractivity contribution in [1.29, 1.82) is 0 Å². The summed E-state index contributed by atoms with van der Waals surface area (Å²) in [5.41, 5.74) is 0.543. The normalized spacial score (nSPS) is 21.8. The monoisotopic (exact) mass is 663 g/mol. The number of fused-ring (bicyclic) bond motifs is 1. The van der Waals surface area contributed by atoms with Crippen molar-refractivity contribution in [3.05, 3.63) is 59.7 Å². The Balaban J connectivity index is 0.00000102. The molecule has 2 amide bonds. The molecule has 1 unspecified atom stereocenters. The highest BCUT2D eigenvalue weighted by Crippen LogP contribution is 2.39. The molecular weight excluding hydrogens is 615 g/mol. The number of rotatable bonds is 9. The zero-order valence-corrected chi connectivity index (χ0v) is 28.5. The van der Waals surface area contributed by atoms with E-state index in [0.717, 1.165) is 30.7 Å². The van der Waals surface area contributed by atoms with Gasteiger partial charge in [0.1, 0.15) is 5.75 Å². The van der Waals surface area contributed by atoms with Crippen LogP contribution < -0.4 is 10.6 Å². The van der Waals surface area contributed by atoms with Crippen LogP contribution in [0.4, 0.5) is 0 Å². The van der Waals surface area contributed by atoms with Gasteiger partial charge in [0.05, 0.1) is 24.4 Å². The van der Waals surface area contributed by atoms with Gasteiger partial charge in [-0.25, -0.2) is 0 Å². The molecule has 2 aromatic rings. The van der Waals surface area contributed by atoms with Gasteiger partial charge in [0.25, 0.3) is 16.0 Å². The smallest absolute Gasteiger partial charge is 0.261 e. The number of aromatic hydroxyl groups is 1. The van der Waals surface area contributed by atoms with Gasteiger partial charge in [0.15, 0.2) is 0 Å². The fourth-order valence-electron chi connectivity index (χ4n) is 6.06. The topological polar surface area (TPSA) is 156 Å². The van der Waals surface area contributed by atoms with E-state index in [1.807, 2.05) is 51.1 Å². The second-order valence-electron chi connectivity index (χ2n) is 13.2. The van der Waals surface area contributed by atoms with Gasteiger partial charge in [0, 0.05) is 40.4 Å². The third-order valence-electron chi connectivity index (χ3n) is 8.23. The Kier molecular flexibility index (Phi) is 13.3. The first-order valence-corrected chi connectivity index (χ1v) is 18.3. The first-order valence-electron chi connectivity index (χ1n) is 15.5. The van der Waals surface area contributed by atoms with Gasteiger partial charge < -0.3 is 20.8 Å². The van der Waals surface area contributed by atoms with Crippen LogP contribution in [0.2, 0.25) is 0 Å². The summed E-state index contributed by atoms with van der Waals surface area (Å²) < 4.78 is 25.9. The molecule has 1 saturated carbocycles. The molecule has 1 heterocycles. The fraction of sp³-hybridized carbons (Fsp3) is 0.576. The second-order valence-corrected chi connectivity index (χ2v) is 15.8. The zero-order valence-electron chi connectivity index (χ0n) is 26.9. The molecule has 12 heteroatoms. The molecule has 0 aromatic heterocycles. The zero-order chi connectivity index (χ0) is 33.4. The highest BCUT2D eigenvalue weighted by atomic mass is 32.2. The summed E-state index contributed by atoms with van der Waals surface area (Å²) >= 11 is 1.57. The first kappa shape index (κ1) is 36.8. The minimum Gasteiger partial charge on any atom is -0.508 e. The lowest BCUT2D eigenvalue weighted by molar-refractivity contribution is -0.132. The van der Waals surface area contributed by atoms with Crippen molar-refractivity contribution in [3.8, 4) is 5.75 Å². The lowest BCUT2D eigenvalue weighted by Crippen LogP contribution is -2.60. The van der Waals surface area contributed by atoms with E-state index < -0.39 is 22.3 Å². The third-order valence-corrected chi connectivity index (χ3v) is 9.36. The van der Waals surface area contributed by atoms with Crippen molar-refractivity contribution in [2.45, 2.75) is 88.4 Å². The minimum absolute atomic E-state index is 0.0124. The molecule has 2 aromatic carbocycles. The molecule has 0 spiro atoms. The number of phenols is 1. The molecule has 4 rings (SSSR count). The SMILES string of the molecule is CS(=O)(=O)O.Cc1c(O)cccc1C(=O)N[C@@H](CSc1ccccc1)[C@H](O)CN1C[C@H]2CCCC[C@H]2CC1C(=O)NC(C)(C)C. The maximum Gasteiger partial charge on any atom is 0.261 e. The van der Waals surface area contributed by atoms with Crippen molar-refractivity contribution in [3.63, 3.8) is 0 Å². The molecule has 0 bridgehead atoms. The Labute approximate surface area is 272 Å². The van der Waals surface area contributed by atoms with Gasteiger partial charge in [-0.2, -0.15) is 8.42 Å². The van der Waals surface area contributed by atoms with Gasteiger partial charge in [0.2, 0.25) is 5.91 Å². The van der Waals surface area contributed by atoms with Gasteiger partial charge >= 0.3 is 0 Å². The molecule has 1 aliphatic heterocycles. The third kappa shape index (κ3) is 12.2. The number of β-amino-alcohol motifs (C(OH)–C–C–N with tert-alkyl or cyclic N) is 1. The first-order chi connectivity index (χ1) is 21.0. The molecule has 250 valence electrons. The maximum absolute atomic E-state index is 13.5. The van der Waals surface area contributed by atoms with Crippen LogP contribution in [0.1, 0.15) is 68.8 Å². The van der Waals surface area contributed by atoms with E-state index in [4.69, 9.17) is 4.55 Å². The number of thioether (sulfide) groups is 1. The van der Waals surface area contributed by atoms with Crippen LogP contribution in [-0.4, -0.2) is 88.7 Å². The summed E-state index contributed by atoms with van der Waals surface area (Å²) in [6.07, 6.45) is 5.39. The van der Waals surface area contributed by atoms with Crippen molar-refractivity contribution >= 4 is 33.7 Å². The number of carbonyl (C=O) groups is 2. The van der Waals surface area contributed by atoms with E-state index in [1.54, 1.807) is 36.9 Å². The Bertz CT molecular complexity index is 1370. The molecule has 45 heavy (non-hydrogen) atoms. The summed E-state index contributed by atoms with van der Waals surface area (Å²) in [5, 5.41) is 28.0. The second kappa shape index (κ2) is 16.3. The van der Waals surface area contributed by atoms with Crippen LogP contribution in [0.3, 0.4) is 0 Å². The number of nitrogens with one attached hydrogen (secondary N) is 2. The van der Waals surface area contributed by atoms with Crippen LogP contribution in [-0.2, 0) is 14.9 Å². The number of aliphatic hydroxyl groups excluding tert-OH is 1. The highest BCUT2D eigenvalue weighted by Gasteiger charge is 2.41. The van der Waals surface area contributed by atoms with Crippen molar-refractivity contribution < 1.29 is 32.8 Å². The molecule has 5 N–H and O–H groups in total. The van der Waals surface area contributed by atoms with Crippen LogP contribution >= 0.6 is 11.8 Å². The van der Waals surface area contributed by atoms with Gasteiger partial charge in [-0.15, -0.1) is 11.8 Å². The van der Waals surface area contributed by atoms with Crippen molar-refractivity contribution in [2.75, 3.05) is 25.1 Å². The predicted octanol–water partition coefficient (Wildman–Crippen LogP) is 4.25. The molecule has 10 nitrogen and oxygen atoms in total. The van der Waals surface area contributed by atoms with Gasteiger partial charge in [-0.1, -0.05) is 43.5 Å². The average Bonchev–Trinajstić information content (AvgIpc) is 2.95. The fourth-order valence-corrected chi connectivity index (χ4v) is 7.09. The molecule has 1 aliphatic carbocycles. The Morgan fingerprint density at radius 2 is 1.67 bits per heavy atom. The summed E-state index contributed by atoms with van der Waals surface area (Å²) in [5.74, 6) is 1.27. The van der Waals surface area contributed by atoms with E-state index >= 15 is 0 Å². The summed E-state index contributed by atoms with van der Waals surface area (Å²) in [7, 11) is -3.67. The molecule has 2 aliphatic rings. The standard InChI is InChI=1S/C32H45N3O4S.CH4O3S/c1-21-25(15-10-16-28(21)36)30(38)33-26(20-40-24-13-6-5-7-14-24)29(37)19-35-18-23-12-9-8-11-22(23)17-27(35)31(39)34-32(2,3)4;1-5(2,3)4/h5-7,10,13-16,22-23,26-27,29,36-37H,8-9,11-12,17-20H2,1-4H3,(H,33,38)(H,34,39);1H3,(H,2,3,4)/t22-,23+,26-,27?,29+;/m0./s1. The number of amides is 2. The predicted molar refractivity (Wildman–Crippen MR) is 178 cm³/mol. The number of hydrogen-bond donors (Lipinski definition) is 5. The Morgan fingerprint density at radius 3 is 2.29 bits per heavy atom. The number of piperidine rings is 1. The van der Waals surface area contributed by atoms with E-state index in [9.17, 15) is 28.2 Å². The average molecular weight is 664 g/mol. The molecule has 2 fully saturated rings. The number of carbonyl (C=O) groups excluding carboxylic acids is 2. The number of hydrogen-bond acceptors (Lipinski definition) is 8. The Morgan fingerprint density at radius 1 is 1.04 bits per heavy atom. The Hall–Kier alpha value is -2.64. The number of phenolic OH excluding ortho intramolecular Hbond substituents is 1. The van der Waals surface area contributed by atoms with Crippen molar-refractivity contribution in [2.24, 2.45) is 11.8 Å². The lowest BCUT2D eigenvalue weighted by Gasteiger charge is -2.47. The molecule has 0 radical (unpaired) electrons. The van der Waals surface area contributed by atoms with E-state index in [1.165, 1.54) is 12.8 Å². The molecule has 1 saturated heterocycles. The highest BCUT2D eigenvalue weighted by molar-refractivity contribution is 7.99. The van der Waals surface area contributed by atoms with Crippen LogP contribution in [0, 0.1) is 18.8 Å². The van der Waals surface area contributed by atoms with Crippen LogP contribution in [0.5, 0.6) is 5.75 Å². The van der Waals surface area contributed by atoms with E-state index in [0.29, 0.717) is 41.5 Å². The van der Waals surface area contributed by atoms with Gasteiger partial charge in [-0.05, 0) is 76.6 Å². The van der Waals surface area contributed by atoms with Crippen LogP contribution in [0.15, 0.2) is 53.4 Å². The summed E-state index contributed by atoms with van der Waals surface area (Å²) in [4.78, 5) is 30.0. The summed E-state index contributed by atoms with van der Waals surface area (Å²) in [6.45, 7) is 8.76. The lowest BCUT2D eigenvalue weighted by atomic mass is 9.72. The molecular formula is C33H49N3O7S2. The van der Waals surface area contributed by atoms with Crippen molar-refractivity contribution in [1.82, 2.24) is 15.5 Å². The number of aliphatic hydroxyl groups is 1. The largest absolute Gasteiger partial charge is 0.508 e. The number of likely N-dealkylation sites (tertiary alicyclic amines) is 1. The number of benzene rings is 2. The van der Waals surface area contributed by atoms with Gasteiger partial charge in [-0.3, -0.25) is 19.0 Å². The minimum atomic E-state index is -3.67. The van der Waals surface area contributed by atoms with E-state index in [-0.39, 0.29) is 29.1 Å². The van der Waals surface area contributed by atoms with E-state index in [2.05, 4.69) is 15.5 Å². The number of nitrogens with zero attached hydrogens (tertiary/aromatic N) is 1. The maximum atomic E-state index is 13.5. The van der Waals surface area contributed by atoms with Crippen LogP contribution in [0.25, 0.3) is 0 Å². The quantitative estimate of drug-likeness (QED) is 0.196. The summed E-state index contributed by atoms with van der Waals surface area (Å²) in [6, 6.07) is 13.9.